The van der Waals surface area contributed by atoms with Crippen LogP contribution in [0.3, 0.4) is 0 Å². The molecule has 0 aliphatic carbocycles. The Balaban J connectivity index is 2.16. The number of benzene rings is 1. The van der Waals surface area contributed by atoms with E-state index in [1.165, 1.54) is 11.8 Å². The first-order valence-electron chi connectivity index (χ1n) is 8.92. The Morgan fingerprint density at radius 3 is 2.64 bits per heavy atom. The quantitative estimate of drug-likeness (QED) is 0.430. The summed E-state index contributed by atoms with van der Waals surface area (Å²) in [6.45, 7) is 4.42. The molecule has 0 spiro atoms. The van der Waals surface area contributed by atoms with Crippen LogP contribution in [0, 0.1) is 0 Å². The molecule has 1 N–H and O–H groups in total. The van der Waals surface area contributed by atoms with Gasteiger partial charge in [0.1, 0.15) is 10.8 Å². The summed E-state index contributed by atoms with van der Waals surface area (Å²) in [4.78, 5) is 11.5. The molecule has 0 unspecified atom stereocenters. The second-order valence-electron chi connectivity index (χ2n) is 5.96. The summed E-state index contributed by atoms with van der Waals surface area (Å²) in [7, 11) is 1.61. The first kappa shape index (κ1) is 22.0. The predicted octanol–water partition coefficient (Wildman–Crippen LogP) is 4.99. The van der Waals surface area contributed by atoms with Gasteiger partial charge in [-0.2, -0.15) is 0 Å². The van der Waals surface area contributed by atoms with Gasteiger partial charge < -0.3 is 9.84 Å². The SMILES string of the molecule is C/C=C\C(Cl)=C(/CC)CCSc1c(C(=O)O)nnn1Cc1ccc(OC)cc1. The summed E-state index contributed by atoms with van der Waals surface area (Å²) < 4.78 is 6.79. The molecule has 2 rings (SSSR count). The molecule has 0 fully saturated rings. The van der Waals surface area contributed by atoms with Crippen molar-refractivity contribution < 1.29 is 14.6 Å². The number of ether oxygens (including phenoxy) is 1. The van der Waals surface area contributed by atoms with Gasteiger partial charge in [-0.25, -0.2) is 9.48 Å². The van der Waals surface area contributed by atoms with Crippen LogP contribution in [-0.4, -0.2) is 38.9 Å². The van der Waals surface area contributed by atoms with Crippen molar-refractivity contribution in [3.63, 3.8) is 0 Å². The Hall–Kier alpha value is -2.25. The summed E-state index contributed by atoms with van der Waals surface area (Å²) >= 11 is 7.73. The highest BCUT2D eigenvalue weighted by atomic mass is 35.5. The van der Waals surface area contributed by atoms with E-state index in [4.69, 9.17) is 16.3 Å². The van der Waals surface area contributed by atoms with Gasteiger partial charge in [-0.05, 0) is 43.5 Å². The molecule has 28 heavy (non-hydrogen) atoms. The number of halogens is 1. The molecule has 0 aliphatic rings. The first-order chi connectivity index (χ1) is 13.5. The van der Waals surface area contributed by atoms with Gasteiger partial charge in [-0.15, -0.1) is 16.9 Å². The number of hydrogen-bond acceptors (Lipinski definition) is 5. The standard InChI is InChI=1S/C20H24ClN3O3S/c1-4-6-17(21)15(5-2)11-12-28-19-18(20(25)26)22-23-24(19)13-14-7-9-16(27-3)10-8-14/h4,6-10H,5,11-13H2,1-3H3,(H,25,26)/b6-4-,17-15-. The molecular weight excluding hydrogens is 398 g/mol. The second kappa shape index (κ2) is 10.9. The van der Waals surface area contributed by atoms with Crippen molar-refractivity contribution in [3.05, 3.63) is 58.3 Å². The third-order valence-electron chi connectivity index (χ3n) is 4.10. The van der Waals surface area contributed by atoms with Crippen LogP contribution in [0.1, 0.15) is 42.7 Å². The fourth-order valence-electron chi connectivity index (χ4n) is 2.59. The minimum atomic E-state index is -1.08. The summed E-state index contributed by atoms with van der Waals surface area (Å²) in [5.74, 6) is 0.370. The number of carbonyl (C=O) groups is 1. The Kier molecular flexibility index (Phi) is 8.60. The van der Waals surface area contributed by atoms with Crippen LogP contribution < -0.4 is 4.74 Å². The lowest BCUT2D eigenvalue weighted by atomic mass is 10.1. The monoisotopic (exact) mass is 421 g/mol. The van der Waals surface area contributed by atoms with E-state index in [-0.39, 0.29) is 5.69 Å². The van der Waals surface area contributed by atoms with Crippen molar-refractivity contribution in [1.82, 2.24) is 15.0 Å². The molecule has 8 heteroatoms. The summed E-state index contributed by atoms with van der Waals surface area (Å²) in [6.07, 6.45) is 5.39. The topological polar surface area (TPSA) is 77.2 Å². The van der Waals surface area contributed by atoms with E-state index in [0.717, 1.165) is 34.8 Å². The molecule has 1 aromatic carbocycles. The number of aromatic carboxylic acids is 1. The molecular formula is C20H24ClN3O3S. The van der Waals surface area contributed by atoms with Gasteiger partial charge in [0.2, 0.25) is 5.69 Å². The van der Waals surface area contributed by atoms with E-state index in [2.05, 4.69) is 17.2 Å². The van der Waals surface area contributed by atoms with Gasteiger partial charge in [0.25, 0.3) is 0 Å². The molecule has 0 amide bonds. The zero-order chi connectivity index (χ0) is 20.5. The molecule has 1 heterocycles. The third-order valence-corrected chi connectivity index (χ3v) is 5.58. The molecule has 2 aromatic rings. The molecule has 0 atom stereocenters. The minimum Gasteiger partial charge on any atom is -0.497 e. The lowest BCUT2D eigenvalue weighted by molar-refractivity contribution is 0.0686. The Morgan fingerprint density at radius 1 is 1.36 bits per heavy atom. The van der Waals surface area contributed by atoms with Crippen LogP contribution >= 0.6 is 23.4 Å². The molecule has 0 saturated carbocycles. The number of nitrogens with zero attached hydrogens (tertiary/aromatic N) is 3. The lowest BCUT2D eigenvalue weighted by Crippen LogP contribution is -2.06. The predicted molar refractivity (Wildman–Crippen MR) is 112 cm³/mol. The third kappa shape index (κ3) is 5.87. The highest BCUT2D eigenvalue weighted by molar-refractivity contribution is 7.99. The highest BCUT2D eigenvalue weighted by Gasteiger charge is 2.20. The van der Waals surface area contributed by atoms with Crippen LogP contribution in [0.5, 0.6) is 5.75 Å². The Morgan fingerprint density at radius 2 is 2.07 bits per heavy atom. The normalized spacial score (nSPS) is 12.3. The molecule has 1 aromatic heterocycles. The number of carboxylic acids is 1. The number of rotatable bonds is 10. The number of carboxylic acid groups (broad SMARTS) is 1. The number of thioether (sulfide) groups is 1. The van der Waals surface area contributed by atoms with Crippen LogP contribution in [0.25, 0.3) is 0 Å². The van der Waals surface area contributed by atoms with Crippen molar-refractivity contribution in [2.24, 2.45) is 0 Å². The highest BCUT2D eigenvalue weighted by Crippen LogP contribution is 2.27. The van der Waals surface area contributed by atoms with Gasteiger partial charge in [0.05, 0.1) is 13.7 Å². The van der Waals surface area contributed by atoms with Gasteiger partial charge in [-0.1, -0.05) is 47.5 Å². The van der Waals surface area contributed by atoms with Gasteiger partial charge >= 0.3 is 5.97 Å². The maximum absolute atomic E-state index is 11.5. The summed E-state index contributed by atoms with van der Waals surface area (Å²) in [5, 5.41) is 18.6. The summed E-state index contributed by atoms with van der Waals surface area (Å²) in [5.41, 5.74) is 2.09. The molecule has 0 aliphatic heterocycles. The van der Waals surface area contributed by atoms with Crippen LogP contribution in [0.4, 0.5) is 0 Å². The molecule has 0 bridgehead atoms. The fourth-order valence-corrected chi connectivity index (χ4v) is 4.00. The molecule has 0 saturated heterocycles. The van der Waals surface area contributed by atoms with Crippen molar-refractivity contribution in [2.45, 2.75) is 38.3 Å². The van der Waals surface area contributed by atoms with Gasteiger partial charge in [-0.3, -0.25) is 0 Å². The average molecular weight is 422 g/mol. The smallest absolute Gasteiger partial charge is 0.359 e. The maximum Gasteiger partial charge on any atom is 0.359 e. The first-order valence-corrected chi connectivity index (χ1v) is 10.3. The second-order valence-corrected chi connectivity index (χ2v) is 7.45. The van der Waals surface area contributed by atoms with E-state index < -0.39 is 5.97 Å². The molecule has 150 valence electrons. The van der Waals surface area contributed by atoms with E-state index in [1.54, 1.807) is 11.8 Å². The van der Waals surface area contributed by atoms with E-state index in [9.17, 15) is 9.90 Å². The van der Waals surface area contributed by atoms with E-state index in [0.29, 0.717) is 17.3 Å². The van der Waals surface area contributed by atoms with Crippen molar-refractivity contribution >= 4 is 29.3 Å². The Bertz CT molecular complexity index is 860. The number of methoxy groups -OCH3 is 1. The van der Waals surface area contributed by atoms with E-state index >= 15 is 0 Å². The van der Waals surface area contributed by atoms with Crippen LogP contribution in [0.2, 0.25) is 0 Å². The van der Waals surface area contributed by atoms with Crippen molar-refractivity contribution in [2.75, 3.05) is 12.9 Å². The van der Waals surface area contributed by atoms with Crippen molar-refractivity contribution in [3.8, 4) is 5.75 Å². The average Bonchev–Trinajstić information content (AvgIpc) is 3.08. The summed E-state index contributed by atoms with van der Waals surface area (Å²) in [6, 6.07) is 7.56. The fraction of sp³-hybridized carbons (Fsp3) is 0.350. The van der Waals surface area contributed by atoms with Crippen molar-refractivity contribution in [1.29, 1.82) is 0 Å². The lowest BCUT2D eigenvalue weighted by Gasteiger charge is -2.09. The van der Waals surface area contributed by atoms with Crippen LogP contribution in [0.15, 0.2) is 52.0 Å². The number of allylic oxidation sites excluding steroid dienone is 4. The van der Waals surface area contributed by atoms with Crippen LogP contribution in [-0.2, 0) is 6.54 Å². The Labute approximate surface area is 174 Å². The van der Waals surface area contributed by atoms with E-state index in [1.807, 2.05) is 43.3 Å². The maximum atomic E-state index is 11.5. The number of aromatic nitrogens is 3. The molecule has 0 radical (unpaired) electrons. The van der Waals surface area contributed by atoms with Gasteiger partial charge in [0, 0.05) is 10.8 Å². The largest absolute Gasteiger partial charge is 0.497 e. The minimum absolute atomic E-state index is 0.0277. The zero-order valence-electron chi connectivity index (χ0n) is 16.2. The molecule has 6 nitrogen and oxygen atoms in total. The number of hydrogen-bond donors (Lipinski definition) is 1. The zero-order valence-corrected chi connectivity index (χ0v) is 17.8. The van der Waals surface area contributed by atoms with Gasteiger partial charge in [0.15, 0.2) is 0 Å².